The summed E-state index contributed by atoms with van der Waals surface area (Å²) in [6.07, 6.45) is 3.88. The molecule has 0 aromatic carbocycles. The maximum Gasteiger partial charge on any atom is 0.326 e. The summed E-state index contributed by atoms with van der Waals surface area (Å²) in [5, 5.41) is 15.1. The van der Waals surface area contributed by atoms with Gasteiger partial charge in [0.15, 0.2) is 0 Å². The number of nitrogens with zero attached hydrogens (tertiary/aromatic N) is 3. The number of aromatic nitrogens is 2. The van der Waals surface area contributed by atoms with Gasteiger partial charge in [0.25, 0.3) is 0 Å². The molecule has 0 aliphatic carbocycles. The first kappa shape index (κ1) is 18.6. The average Bonchev–Trinajstić information content (AvgIpc) is 3.14. The number of hydrogen-bond donors (Lipinski definition) is 2. The molecule has 2 N–H and O–H groups in total. The zero-order valence-corrected chi connectivity index (χ0v) is 15.8. The lowest BCUT2D eigenvalue weighted by molar-refractivity contribution is -0.144. The number of carboxylic acid groups (broad SMARTS) is 1. The third-order valence-electron chi connectivity index (χ3n) is 5.11. The van der Waals surface area contributed by atoms with Crippen LogP contribution < -0.4 is 10.2 Å². The molecule has 26 heavy (non-hydrogen) atoms. The van der Waals surface area contributed by atoms with Crippen LogP contribution in [0.2, 0.25) is 0 Å². The number of fused-ring (bicyclic) bond motifs is 1. The van der Waals surface area contributed by atoms with E-state index in [1.54, 1.807) is 17.7 Å². The minimum Gasteiger partial charge on any atom is -0.480 e. The van der Waals surface area contributed by atoms with E-state index in [0.29, 0.717) is 13.0 Å². The number of hydrogen-bond acceptors (Lipinski definition) is 6. The number of thiophene rings is 1. The molecule has 3 rings (SSSR count). The molecule has 7 nitrogen and oxygen atoms in total. The second-order valence-corrected chi connectivity index (χ2v) is 7.73. The van der Waals surface area contributed by atoms with Crippen molar-refractivity contribution in [2.75, 3.05) is 18.0 Å². The molecule has 1 aliphatic rings. The fourth-order valence-corrected chi connectivity index (χ4v) is 4.09. The number of anilines is 1. The molecular weight excluding hydrogens is 352 g/mol. The molecule has 1 aliphatic heterocycles. The molecule has 1 amide bonds. The van der Waals surface area contributed by atoms with Crippen LogP contribution in [-0.2, 0) is 9.59 Å². The topological polar surface area (TPSA) is 95.4 Å². The zero-order valence-electron chi connectivity index (χ0n) is 15.0. The lowest BCUT2D eigenvalue weighted by Gasteiger charge is -2.34. The maximum absolute atomic E-state index is 12.7. The van der Waals surface area contributed by atoms with Crippen LogP contribution in [0.25, 0.3) is 10.2 Å². The van der Waals surface area contributed by atoms with E-state index >= 15 is 0 Å². The van der Waals surface area contributed by atoms with Gasteiger partial charge in [0, 0.05) is 13.1 Å². The van der Waals surface area contributed by atoms with Gasteiger partial charge in [-0.3, -0.25) is 4.79 Å². The molecule has 140 valence electrons. The number of amides is 1. The van der Waals surface area contributed by atoms with Crippen LogP contribution in [0.1, 0.15) is 33.1 Å². The van der Waals surface area contributed by atoms with Crippen LogP contribution in [0.4, 0.5) is 5.82 Å². The molecule has 2 aromatic heterocycles. The minimum absolute atomic E-state index is 0.108. The summed E-state index contributed by atoms with van der Waals surface area (Å²) in [7, 11) is 0. The minimum atomic E-state index is -0.976. The van der Waals surface area contributed by atoms with Crippen molar-refractivity contribution in [2.24, 2.45) is 11.8 Å². The third kappa shape index (κ3) is 3.80. The Morgan fingerprint density at radius 3 is 3.00 bits per heavy atom. The van der Waals surface area contributed by atoms with Gasteiger partial charge in [-0.2, -0.15) is 0 Å². The third-order valence-corrected chi connectivity index (χ3v) is 5.93. The maximum atomic E-state index is 12.7. The fourth-order valence-electron chi connectivity index (χ4n) is 3.37. The van der Waals surface area contributed by atoms with Gasteiger partial charge in [0.1, 0.15) is 23.0 Å². The molecule has 2 aromatic rings. The molecule has 1 unspecified atom stereocenters. The van der Waals surface area contributed by atoms with E-state index in [-0.39, 0.29) is 17.7 Å². The van der Waals surface area contributed by atoms with Gasteiger partial charge in [-0.05, 0) is 30.2 Å². The zero-order chi connectivity index (χ0) is 18.7. The van der Waals surface area contributed by atoms with Gasteiger partial charge in [0.2, 0.25) is 5.91 Å². The van der Waals surface area contributed by atoms with Gasteiger partial charge in [-0.15, -0.1) is 11.3 Å². The van der Waals surface area contributed by atoms with Crippen molar-refractivity contribution < 1.29 is 14.7 Å². The highest BCUT2D eigenvalue weighted by atomic mass is 32.1. The molecule has 0 saturated carbocycles. The second kappa shape index (κ2) is 7.99. The van der Waals surface area contributed by atoms with Gasteiger partial charge in [-0.1, -0.05) is 20.3 Å². The second-order valence-electron chi connectivity index (χ2n) is 6.83. The first-order valence-electron chi connectivity index (χ1n) is 8.97. The molecule has 0 bridgehead atoms. The van der Waals surface area contributed by atoms with Gasteiger partial charge < -0.3 is 15.3 Å². The summed E-state index contributed by atoms with van der Waals surface area (Å²) in [4.78, 5) is 35.9. The van der Waals surface area contributed by atoms with Crippen LogP contribution in [0.5, 0.6) is 0 Å². The molecular formula is C18H24N4O3S. The quantitative estimate of drug-likeness (QED) is 0.804. The average molecular weight is 376 g/mol. The molecule has 0 radical (unpaired) electrons. The Bertz CT molecular complexity index is 794. The van der Waals surface area contributed by atoms with Gasteiger partial charge in [0.05, 0.1) is 11.3 Å². The van der Waals surface area contributed by atoms with E-state index in [9.17, 15) is 14.7 Å². The predicted octanol–water partition coefficient (Wildman–Crippen LogP) is 2.52. The highest BCUT2D eigenvalue weighted by molar-refractivity contribution is 7.16. The number of piperidine rings is 1. The van der Waals surface area contributed by atoms with Crippen LogP contribution >= 0.6 is 11.3 Å². The Kier molecular flexibility index (Phi) is 5.70. The Morgan fingerprint density at radius 1 is 1.46 bits per heavy atom. The summed E-state index contributed by atoms with van der Waals surface area (Å²) in [5.41, 5.74) is 0. The lowest BCUT2D eigenvalue weighted by atomic mass is 9.94. The highest BCUT2D eigenvalue weighted by Gasteiger charge is 2.32. The Labute approximate surface area is 156 Å². The summed E-state index contributed by atoms with van der Waals surface area (Å²) >= 11 is 1.57. The highest BCUT2D eigenvalue weighted by Crippen LogP contribution is 2.30. The van der Waals surface area contributed by atoms with E-state index < -0.39 is 12.0 Å². The Balaban J connectivity index is 1.73. The van der Waals surface area contributed by atoms with E-state index in [4.69, 9.17) is 0 Å². The summed E-state index contributed by atoms with van der Waals surface area (Å²) in [6, 6.07) is 1.16. The Hall–Kier alpha value is -2.22. The number of carbonyl (C=O) groups excluding carboxylic acids is 1. The smallest absolute Gasteiger partial charge is 0.326 e. The van der Waals surface area contributed by atoms with Crippen LogP contribution in [-0.4, -0.2) is 46.1 Å². The summed E-state index contributed by atoms with van der Waals surface area (Å²) < 4.78 is 0. The normalized spacial score (nSPS) is 19.9. The van der Waals surface area contributed by atoms with Gasteiger partial charge in [-0.25, -0.2) is 14.8 Å². The van der Waals surface area contributed by atoms with Crippen molar-refractivity contribution >= 4 is 39.2 Å². The van der Waals surface area contributed by atoms with Crippen molar-refractivity contribution in [3.63, 3.8) is 0 Å². The first-order chi connectivity index (χ1) is 12.5. The van der Waals surface area contributed by atoms with E-state index in [1.807, 2.05) is 25.3 Å². The Morgan fingerprint density at radius 2 is 2.27 bits per heavy atom. The van der Waals surface area contributed by atoms with Crippen molar-refractivity contribution in [2.45, 2.75) is 39.2 Å². The van der Waals surface area contributed by atoms with E-state index in [0.717, 1.165) is 35.4 Å². The van der Waals surface area contributed by atoms with Crippen molar-refractivity contribution in [3.05, 3.63) is 17.8 Å². The van der Waals surface area contributed by atoms with Crippen molar-refractivity contribution in [1.29, 1.82) is 0 Å². The van der Waals surface area contributed by atoms with Crippen LogP contribution in [0, 0.1) is 11.8 Å². The number of carbonyl (C=O) groups is 2. The summed E-state index contributed by atoms with van der Waals surface area (Å²) in [6.45, 7) is 5.15. The molecule has 1 saturated heterocycles. The predicted molar refractivity (Wildman–Crippen MR) is 101 cm³/mol. The first-order valence-corrected chi connectivity index (χ1v) is 9.85. The standard InChI is InChI=1S/C18H24N4O3S/c1-3-11(2)14(18(24)25)21-16(23)12-5-4-7-22(9-12)15-13-6-8-26-17(13)20-10-19-15/h6,8,10-12,14H,3-5,7,9H2,1-2H3,(H,21,23)(H,24,25)/t11-,12?,14-/m0/s1. The van der Waals surface area contributed by atoms with Crippen LogP contribution in [0.3, 0.4) is 0 Å². The molecule has 8 heteroatoms. The van der Waals surface area contributed by atoms with E-state index in [1.165, 1.54) is 0 Å². The van der Waals surface area contributed by atoms with E-state index in [2.05, 4.69) is 20.2 Å². The van der Waals surface area contributed by atoms with Crippen molar-refractivity contribution in [1.82, 2.24) is 15.3 Å². The van der Waals surface area contributed by atoms with Crippen molar-refractivity contribution in [3.8, 4) is 0 Å². The summed E-state index contributed by atoms with van der Waals surface area (Å²) in [5.74, 6) is -0.652. The van der Waals surface area contributed by atoms with Crippen LogP contribution in [0.15, 0.2) is 17.8 Å². The fraction of sp³-hybridized carbons (Fsp3) is 0.556. The van der Waals surface area contributed by atoms with Gasteiger partial charge >= 0.3 is 5.97 Å². The number of rotatable bonds is 6. The molecule has 0 spiro atoms. The number of aliphatic carboxylic acids is 1. The monoisotopic (exact) mass is 376 g/mol. The molecule has 3 heterocycles. The number of carboxylic acids is 1. The SMILES string of the molecule is CC[C@H](C)[C@H](NC(=O)C1CCCN(c2ncnc3sccc23)C1)C(=O)O. The lowest BCUT2D eigenvalue weighted by Crippen LogP contribution is -2.50. The number of nitrogens with one attached hydrogen (secondary N) is 1. The largest absolute Gasteiger partial charge is 0.480 e. The molecule has 3 atom stereocenters. The molecule has 1 fully saturated rings.